The minimum atomic E-state index is -0.826. The maximum Gasteiger partial charge on any atom is 0.303 e. The number of fused-ring (bicyclic) bond motifs is 1. The Morgan fingerprint density at radius 2 is 2.40 bits per heavy atom. The number of nitrogens with zero attached hydrogens (tertiary/aromatic N) is 4. The molecular weight excluding hydrogens is 196 g/mol. The van der Waals surface area contributed by atoms with E-state index >= 15 is 0 Å². The topological polar surface area (TPSA) is 80.9 Å². The fourth-order valence-electron chi connectivity index (χ4n) is 1.42. The van der Waals surface area contributed by atoms with Crippen LogP contribution in [-0.4, -0.2) is 30.8 Å². The summed E-state index contributed by atoms with van der Waals surface area (Å²) >= 11 is 0. The van der Waals surface area contributed by atoms with E-state index in [9.17, 15) is 4.79 Å². The molecule has 0 aliphatic carbocycles. The highest BCUT2D eigenvalue weighted by atomic mass is 16.4. The van der Waals surface area contributed by atoms with Gasteiger partial charge in [0.1, 0.15) is 11.3 Å². The normalized spacial score (nSPS) is 10.7. The largest absolute Gasteiger partial charge is 0.481 e. The molecule has 0 fully saturated rings. The molecule has 2 aromatic rings. The summed E-state index contributed by atoms with van der Waals surface area (Å²) in [6.45, 7) is 0. The zero-order valence-electron chi connectivity index (χ0n) is 8.21. The average molecular weight is 206 g/mol. The molecule has 0 aromatic carbocycles. The second-order valence-electron chi connectivity index (χ2n) is 3.22. The van der Waals surface area contributed by atoms with E-state index in [1.165, 1.54) is 0 Å². The minimum absolute atomic E-state index is 0.0740. The number of aryl methyl sites for hydroxylation is 2. The van der Waals surface area contributed by atoms with Crippen LogP contribution in [-0.2, 0) is 18.3 Å². The van der Waals surface area contributed by atoms with Crippen LogP contribution in [0.4, 0.5) is 0 Å². The summed E-state index contributed by atoms with van der Waals surface area (Å²) in [7, 11) is 1.81. The Morgan fingerprint density at radius 3 is 3.07 bits per heavy atom. The van der Waals surface area contributed by atoms with Crippen molar-refractivity contribution in [2.24, 2.45) is 7.05 Å². The number of imidazole rings is 1. The number of carbonyl (C=O) groups is 1. The monoisotopic (exact) mass is 206 g/mol. The van der Waals surface area contributed by atoms with Gasteiger partial charge in [0.05, 0.1) is 12.6 Å². The standard InChI is InChI=1S/C9H10N4O2/c1-13-7(2-3-8(14)15)11-6-4-5-10-12-9(6)13/h4-5H,2-3H2,1H3,(H,14,15). The van der Waals surface area contributed by atoms with Gasteiger partial charge in [-0.1, -0.05) is 0 Å². The highest BCUT2D eigenvalue weighted by Gasteiger charge is 2.09. The molecule has 0 saturated carbocycles. The Kier molecular flexibility index (Phi) is 2.32. The van der Waals surface area contributed by atoms with Gasteiger partial charge in [-0.15, -0.1) is 5.10 Å². The van der Waals surface area contributed by atoms with Crippen molar-refractivity contribution < 1.29 is 9.90 Å². The fraction of sp³-hybridized carbons (Fsp3) is 0.333. The first-order valence-corrected chi connectivity index (χ1v) is 4.53. The van der Waals surface area contributed by atoms with E-state index in [0.717, 1.165) is 5.52 Å². The van der Waals surface area contributed by atoms with Gasteiger partial charge in [0.15, 0.2) is 5.65 Å². The van der Waals surface area contributed by atoms with Crippen molar-refractivity contribution in [3.8, 4) is 0 Å². The highest BCUT2D eigenvalue weighted by molar-refractivity contribution is 5.71. The summed E-state index contributed by atoms with van der Waals surface area (Å²) in [5.74, 6) is -0.110. The van der Waals surface area contributed by atoms with Crippen molar-refractivity contribution in [1.82, 2.24) is 19.7 Å². The van der Waals surface area contributed by atoms with Gasteiger partial charge in [0.25, 0.3) is 0 Å². The predicted octanol–water partition coefficient (Wildman–Crippen LogP) is 0.380. The van der Waals surface area contributed by atoms with Crippen LogP contribution in [0.5, 0.6) is 0 Å². The molecule has 0 bridgehead atoms. The number of carboxylic acids is 1. The van der Waals surface area contributed by atoms with Gasteiger partial charge in [-0.25, -0.2) is 4.98 Å². The number of aromatic nitrogens is 4. The van der Waals surface area contributed by atoms with Crippen LogP contribution in [0.2, 0.25) is 0 Å². The Morgan fingerprint density at radius 1 is 1.60 bits per heavy atom. The van der Waals surface area contributed by atoms with Gasteiger partial charge in [-0.2, -0.15) is 5.10 Å². The van der Waals surface area contributed by atoms with E-state index < -0.39 is 5.97 Å². The average Bonchev–Trinajstić information content (AvgIpc) is 2.54. The second kappa shape index (κ2) is 3.64. The van der Waals surface area contributed by atoms with Crippen LogP contribution in [0, 0.1) is 0 Å². The molecule has 2 rings (SSSR count). The summed E-state index contributed by atoms with van der Waals surface area (Å²) in [5, 5.41) is 16.3. The Labute approximate surface area is 85.6 Å². The smallest absolute Gasteiger partial charge is 0.303 e. The van der Waals surface area contributed by atoms with Crippen LogP contribution >= 0.6 is 0 Å². The van der Waals surface area contributed by atoms with E-state index in [2.05, 4.69) is 15.2 Å². The van der Waals surface area contributed by atoms with Crippen LogP contribution in [0.15, 0.2) is 12.3 Å². The van der Waals surface area contributed by atoms with Crippen LogP contribution in [0.25, 0.3) is 11.2 Å². The molecule has 0 aliphatic heterocycles. The lowest BCUT2D eigenvalue weighted by Crippen LogP contribution is -2.03. The molecule has 15 heavy (non-hydrogen) atoms. The van der Waals surface area contributed by atoms with Crippen molar-refractivity contribution in [3.05, 3.63) is 18.1 Å². The molecule has 1 N–H and O–H groups in total. The van der Waals surface area contributed by atoms with Gasteiger partial charge < -0.3 is 9.67 Å². The van der Waals surface area contributed by atoms with Crippen molar-refractivity contribution in [1.29, 1.82) is 0 Å². The summed E-state index contributed by atoms with van der Waals surface area (Å²) in [5.41, 5.74) is 1.42. The number of rotatable bonds is 3. The zero-order chi connectivity index (χ0) is 10.8. The molecular formula is C9H10N4O2. The number of carboxylic acid groups (broad SMARTS) is 1. The molecule has 6 heteroatoms. The van der Waals surface area contributed by atoms with Crippen molar-refractivity contribution in [3.63, 3.8) is 0 Å². The first-order chi connectivity index (χ1) is 7.18. The quantitative estimate of drug-likeness (QED) is 0.785. The predicted molar refractivity (Wildman–Crippen MR) is 52.3 cm³/mol. The minimum Gasteiger partial charge on any atom is -0.481 e. The molecule has 78 valence electrons. The first-order valence-electron chi connectivity index (χ1n) is 4.53. The molecule has 0 saturated heterocycles. The third-order valence-corrected chi connectivity index (χ3v) is 2.20. The van der Waals surface area contributed by atoms with Crippen molar-refractivity contribution in [2.45, 2.75) is 12.8 Å². The lowest BCUT2D eigenvalue weighted by Gasteiger charge is -1.98. The van der Waals surface area contributed by atoms with Crippen molar-refractivity contribution >= 4 is 17.1 Å². The molecule has 6 nitrogen and oxygen atoms in total. The summed E-state index contributed by atoms with van der Waals surface area (Å²) in [6.07, 6.45) is 2.04. The molecule has 0 unspecified atom stereocenters. The maximum atomic E-state index is 10.4. The third-order valence-electron chi connectivity index (χ3n) is 2.20. The third kappa shape index (κ3) is 1.78. The zero-order valence-corrected chi connectivity index (χ0v) is 8.21. The van der Waals surface area contributed by atoms with Gasteiger partial charge in [0.2, 0.25) is 0 Å². The molecule has 2 aromatic heterocycles. The summed E-state index contributed by atoms with van der Waals surface area (Å²) in [4.78, 5) is 14.7. The molecule has 0 radical (unpaired) electrons. The number of aliphatic carboxylic acids is 1. The van der Waals surface area contributed by atoms with E-state index in [1.807, 2.05) is 0 Å². The van der Waals surface area contributed by atoms with Gasteiger partial charge in [-0.3, -0.25) is 4.79 Å². The Balaban J connectivity index is 2.36. The van der Waals surface area contributed by atoms with Crippen LogP contribution in [0.1, 0.15) is 12.2 Å². The highest BCUT2D eigenvalue weighted by Crippen LogP contribution is 2.11. The molecule has 2 heterocycles. The van der Waals surface area contributed by atoms with Crippen LogP contribution in [0.3, 0.4) is 0 Å². The Hall–Kier alpha value is -1.98. The fourth-order valence-corrected chi connectivity index (χ4v) is 1.42. The summed E-state index contributed by atoms with van der Waals surface area (Å²) in [6, 6.07) is 1.76. The molecule has 0 aliphatic rings. The van der Waals surface area contributed by atoms with Crippen LogP contribution < -0.4 is 0 Å². The SMILES string of the molecule is Cn1c(CCC(=O)O)nc2ccnnc21. The van der Waals surface area contributed by atoms with E-state index in [4.69, 9.17) is 5.11 Å². The lowest BCUT2D eigenvalue weighted by molar-refractivity contribution is -0.137. The van der Waals surface area contributed by atoms with E-state index in [0.29, 0.717) is 17.9 Å². The number of hydrogen-bond donors (Lipinski definition) is 1. The first kappa shape index (κ1) is 9.57. The second-order valence-corrected chi connectivity index (χ2v) is 3.22. The maximum absolute atomic E-state index is 10.4. The Bertz CT molecular complexity index is 506. The number of hydrogen-bond acceptors (Lipinski definition) is 4. The lowest BCUT2D eigenvalue weighted by atomic mass is 10.3. The van der Waals surface area contributed by atoms with E-state index in [1.54, 1.807) is 23.9 Å². The van der Waals surface area contributed by atoms with Crippen molar-refractivity contribution in [2.75, 3.05) is 0 Å². The van der Waals surface area contributed by atoms with Gasteiger partial charge >= 0.3 is 5.97 Å². The molecule has 0 amide bonds. The van der Waals surface area contributed by atoms with Gasteiger partial charge in [0, 0.05) is 13.5 Å². The molecule has 0 atom stereocenters. The van der Waals surface area contributed by atoms with Gasteiger partial charge in [-0.05, 0) is 6.07 Å². The molecule has 0 spiro atoms. The summed E-state index contributed by atoms with van der Waals surface area (Å²) < 4.78 is 1.77. The van der Waals surface area contributed by atoms with E-state index in [-0.39, 0.29) is 6.42 Å².